The summed E-state index contributed by atoms with van der Waals surface area (Å²) < 4.78 is 45.8. The summed E-state index contributed by atoms with van der Waals surface area (Å²) in [5.41, 5.74) is 0.761. The van der Waals surface area contributed by atoms with Gasteiger partial charge in [-0.2, -0.15) is 18.2 Å². The van der Waals surface area contributed by atoms with Crippen LogP contribution >= 0.6 is 0 Å². The average Bonchev–Trinajstić information content (AvgIpc) is 3.07. The summed E-state index contributed by atoms with van der Waals surface area (Å²) in [6.45, 7) is 1.92. The molecule has 134 valence electrons. The van der Waals surface area contributed by atoms with Gasteiger partial charge < -0.3 is 9.64 Å². The van der Waals surface area contributed by atoms with Gasteiger partial charge in [-0.15, -0.1) is 0 Å². The standard InChI is InChI=1S/C18H20F3N3O/c1-12-7-9-13(10-8-12)24(2)16-15(18(19,20)21)11-22-17(23-16)25-14-5-3-4-6-14/h7-11,14H,3-6H2,1-2H3. The van der Waals surface area contributed by atoms with Crippen molar-refractivity contribution in [3.05, 3.63) is 41.6 Å². The molecule has 0 atom stereocenters. The highest BCUT2D eigenvalue weighted by Gasteiger charge is 2.37. The van der Waals surface area contributed by atoms with E-state index in [4.69, 9.17) is 4.74 Å². The highest BCUT2D eigenvalue weighted by molar-refractivity contribution is 5.63. The molecule has 4 nitrogen and oxygen atoms in total. The largest absolute Gasteiger partial charge is 0.460 e. The van der Waals surface area contributed by atoms with Gasteiger partial charge >= 0.3 is 12.2 Å². The van der Waals surface area contributed by atoms with Crippen molar-refractivity contribution in [1.82, 2.24) is 9.97 Å². The molecule has 1 heterocycles. The van der Waals surface area contributed by atoms with E-state index in [2.05, 4.69) is 9.97 Å². The van der Waals surface area contributed by atoms with E-state index in [-0.39, 0.29) is 17.9 Å². The number of hydrogen-bond donors (Lipinski definition) is 0. The molecule has 0 bridgehead atoms. The Morgan fingerprint density at radius 2 is 1.76 bits per heavy atom. The van der Waals surface area contributed by atoms with Gasteiger partial charge in [0, 0.05) is 18.9 Å². The zero-order chi connectivity index (χ0) is 18.0. The van der Waals surface area contributed by atoms with E-state index in [1.54, 1.807) is 19.2 Å². The van der Waals surface area contributed by atoms with Gasteiger partial charge in [0.1, 0.15) is 11.7 Å². The lowest BCUT2D eigenvalue weighted by Crippen LogP contribution is -2.20. The fraction of sp³-hybridized carbons (Fsp3) is 0.444. The molecule has 0 saturated heterocycles. The maximum Gasteiger partial charge on any atom is 0.421 e. The van der Waals surface area contributed by atoms with E-state index >= 15 is 0 Å². The summed E-state index contributed by atoms with van der Waals surface area (Å²) in [7, 11) is 1.56. The Morgan fingerprint density at radius 1 is 1.12 bits per heavy atom. The lowest BCUT2D eigenvalue weighted by molar-refractivity contribution is -0.137. The van der Waals surface area contributed by atoms with Gasteiger partial charge in [0.25, 0.3) is 0 Å². The summed E-state index contributed by atoms with van der Waals surface area (Å²) >= 11 is 0. The molecule has 1 aliphatic rings. The molecule has 0 unspecified atom stereocenters. The molecule has 2 aromatic rings. The quantitative estimate of drug-likeness (QED) is 0.786. The third-order valence-electron chi connectivity index (χ3n) is 4.37. The van der Waals surface area contributed by atoms with Gasteiger partial charge in [-0.3, -0.25) is 0 Å². The topological polar surface area (TPSA) is 38.2 Å². The Labute approximate surface area is 144 Å². The number of alkyl halides is 3. The number of halogens is 3. The normalized spacial score (nSPS) is 15.4. The maximum absolute atomic E-state index is 13.4. The summed E-state index contributed by atoms with van der Waals surface area (Å²) in [5, 5.41) is 0. The van der Waals surface area contributed by atoms with E-state index in [0.29, 0.717) is 5.69 Å². The summed E-state index contributed by atoms with van der Waals surface area (Å²) in [5.74, 6) is -0.209. The predicted molar refractivity (Wildman–Crippen MR) is 89.2 cm³/mol. The Balaban J connectivity index is 1.96. The zero-order valence-electron chi connectivity index (χ0n) is 14.2. The first-order chi connectivity index (χ1) is 11.8. The van der Waals surface area contributed by atoms with Crippen LogP contribution < -0.4 is 9.64 Å². The number of hydrogen-bond acceptors (Lipinski definition) is 4. The third kappa shape index (κ3) is 4.03. The Kier molecular flexibility index (Phi) is 4.83. The van der Waals surface area contributed by atoms with E-state index < -0.39 is 11.7 Å². The number of rotatable bonds is 4. The molecular formula is C18H20F3N3O. The van der Waals surface area contributed by atoms with Crippen LogP contribution in [0.2, 0.25) is 0 Å². The highest BCUT2D eigenvalue weighted by Crippen LogP contribution is 2.38. The van der Waals surface area contributed by atoms with Crippen molar-refractivity contribution in [1.29, 1.82) is 0 Å². The molecule has 0 aliphatic heterocycles. The SMILES string of the molecule is Cc1ccc(N(C)c2nc(OC3CCCC3)ncc2C(F)(F)F)cc1. The molecule has 1 fully saturated rings. The van der Waals surface area contributed by atoms with E-state index in [9.17, 15) is 13.2 Å². The molecule has 7 heteroatoms. The molecular weight excluding hydrogens is 331 g/mol. The van der Waals surface area contributed by atoms with Crippen molar-refractivity contribution >= 4 is 11.5 Å². The Morgan fingerprint density at radius 3 is 2.36 bits per heavy atom. The van der Waals surface area contributed by atoms with Crippen LogP contribution in [-0.4, -0.2) is 23.1 Å². The maximum atomic E-state index is 13.4. The summed E-state index contributed by atoms with van der Waals surface area (Å²) in [4.78, 5) is 9.26. The molecule has 0 N–H and O–H groups in total. The average molecular weight is 351 g/mol. The molecule has 0 spiro atoms. The van der Waals surface area contributed by atoms with Crippen molar-refractivity contribution < 1.29 is 17.9 Å². The van der Waals surface area contributed by atoms with Crippen LogP contribution in [0.5, 0.6) is 6.01 Å². The number of nitrogens with zero attached hydrogens (tertiary/aromatic N) is 3. The molecule has 0 amide bonds. The number of aromatic nitrogens is 2. The minimum Gasteiger partial charge on any atom is -0.460 e. The first-order valence-electron chi connectivity index (χ1n) is 8.26. The van der Waals surface area contributed by atoms with Gasteiger partial charge in [0.15, 0.2) is 5.82 Å². The van der Waals surface area contributed by atoms with Crippen molar-refractivity contribution in [2.45, 2.75) is 44.9 Å². The Bertz CT molecular complexity index is 725. The number of benzene rings is 1. The van der Waals surface area contributed by atoms with E-state index in [1.807, 2.05) is 19.1 Å². The second-order valence-corrected chi connectivity index (χ2v) is 6.31. The first kappa shape index (κ1) is 17.5. The van der Waals surface area contributed by atoms with Crippen LogP contribution in [0.25, 0.3) is 0 Å². The molecule has 1 aromatic heterocycles. The molecule has 1 saturated carbocycles. The predicted octanol–water partition coefficient (Wildman–Crippen LogP) is 4.89. The minimum atomic E-state index is -4.54. The second kappa shape index (κ2) is 6.90. The minimum absolute atomic E-state index is 0.00568. The van der Waals surface area contributed by atoms with Crippen molar-refractivity contribution in [2.24, 2.45) is 0 Å². The molecule has 1 aromatic carbocycles. The molecule has 25 heavy (non-hydrogen) atoms. The third-order valence-corrected chi connectivity index (χ3v) is 4.37. The summed E-state index contributed by atoms with van der Waals surface area (Å²) in [6, 6.07) is 7.20. The first-order valence-corrected chi connectivity index (χ1v) is 8.26. The zero-order valence-corrected chi connectivity index (χ0v) is 14.2. The van der Waals surface area contributed by atoms with Crippen LogP contribution in [0.4, 0.5) is 24.7 Å². The smallest absolute Gasteiger partial charge is 0.421 e. The van der Waals surface area contributed by atoms with Gasteiger partial charge in [-0.1, -0.05) is 17.7 Å². The number of anilines is 2. The summed E-state index contributed by atoms with van der Waals surface area (Å²) in [6.07, 6.45) is 0.121. The lowest BCUT2D eigenvalue weighted by atomic mass is 10.2. The van der Waals surface area contributed by atoms with Crippen LogP contribution in [-0.2, 0) is 6.18 Å². The van der Waals surface area contributed by atoms with Crippen molar-refractivity contribution in [3.8, 4) is 6.01 Å². The van der Waals surface area contributed by atoms with Gasteiger partial charge in [-0.05, 0) is 44.7 Å². The molecule has 0 radical (unpaired) electrons. The lowest BCUT2D eigenvalue weighted by Gasteiger charge is -2.23. The fourth-order valence-electron chi connectivity index (χ4n) is 2.92. The van der Waals surface area contributed by atoms with Crippen LogP contribution in [0, 0.1) is 6.92 Å². The Hall–Kier alpha value is -2.31. The van der Waals surface area contributed by atoms with Crippen LogP contribution in [0.3, 0.4) is 0 Å². The fourth-order valence-corrected chi connectivity index (χ4v) is 2.92. The van der Waals surface area contributed by atoms with E-state index in [0.717, 1.165) is 37.4 Å². The van der Waals surface area contributed by atoms with Crippen LogP contribution in [0.15, 0.2) is 30.5 Å². The van der Waals surface area contributed by atoms with Crippen molar-refractivity contribution in [3.63, 3.8) is 0 Å². The molecule has 1 aliphatic carbocycles. The van der Waals surface area contributed by atoms with Crippen molar-refractivity contribution in [2.75, 3.05) is 11.9 Å². The van der Waals surface area contributed by atoms with Crippen LogP contribution in [0.1, 0.15) is 36.8 Å². The van der Waals surface area contributed by atoms with Gasteiger partial charge in [-0.25, -0.2) is 4.98 Å². The number of aryl methyl sites for hydroxylation is 1. The van der Waals surface area contributed by atoms with Gasteiger partial charge in [0.2, 0.25) is 0 Å². The van der Waals surface area contributed by atoms with Gasteiger partial charge in [0.05, 0.1) is 0 Å². The number of ether oxygens (including phenoxy) is 1. The second-order valence-electron chi connectivity index (χ2n) is 6.31. The monoisotopic (exact) mass is 351 g/mol. The molecule has 3 rings (SSSR count). The van der Waals surface area contributed by atoms with E-state index in [1.165, 1.54) is 4.90 Å². The highest BCUT2D eigenvalue weighted by atomic mass is 19.4.